The number of unbranched alkanes of at least 4 members (excludes halogenated alkanes) is 3. The quantitative estimate of drug-likeness (QED) is 0.0155. The maximum absolute atomic E-state index is 14.0. The molecule has 0 saturated heterocycles. The Morgan fingerprint density at radius 2 is 1.29 bits per heavy atom. The minimum Gasteiger partial charge on any atom is -0.461 e. The van der Waals surface area contributed by atoms with E-state index in [1.165, 1.54) is 6.08 Å². The number of nitrogens with one attached hydrogen (secondary N) is 6. The molecule has 0 spiro atoms. The van der Waals surface area contributed by atoms with Crippen LogP contribution in [-0.4, -0.2) is 109 Å². The third-order valence-electron chi connectivity index (χ3n) is 13.3. The molecule has 2 saturated carbocycles. The van der Waals surface area contributed by atoms with Crippen LogP contribution in [0.25, 0.3) is 10.8 Å². The van der Waals surface area contributed by atoms with E-state index in [-0.39, 0.29) is 74.5 Å². The van der Waals surface area contributed by atoms with E-state index in [9.17, 15) is 38.4 Å². The number of hydrogen-bond donors (Lipinski definition) is 6. The molecule has 2 aliphatic carbocycles. The van der Waals surface area contributed by atoms with Crippen molar-refractivity contribution < 1.29 is 57.3 Å². The lowest BCUT2D eigenvalue weighted by atomic mass is 9.81. The van der Waals surface area contributed by atoms with Crippen LogP contribution in [0.3, 0.4) is 0 Å². The zero-order chi connectivity index (χ0) is 55.5. The topological polar surface area (TPSA) is 246 Å². The lowest BCUT2D eigenvalue weighted by Crippen LogP contribution is -2.52. The van der Waals surface area contributed by atoms with Gasteiger partial charge in [-0.05, 0) is 154 Å². The molecular formula is C58H88N6O12. The van der Waals surface area contributed by atoms with Crippen molar-refractivity contribution in [1.29, 1.82) is 0 Å². The van der Waals surface area contributed by atoms with Crippen molar-refractivity contribution >= 4 is 58.5 Å². The van der Waals surface area contributed by atoms with E-state index in [4.69, 9.17) is 18.9 Å². The summed E-state index contributed by atoms with van der Waals surface area (Å²) in [6.07, 6.45) is 12.5. The number of alkyl carbamates (subject to hydrolysis) is 1. The molecule has 422 valence electrons. The van der Waals surface area contributed by atoms with Gasteiger partial charge in [-0.25, -0.2) is 19.2 Å². The molecule has 18 nitrogen and oxygen atoms in total. The zero-order valence-corrected chi connectivity index (χ0v) is 46.2. The van der Waals surface area contributed by atoms with Crippen LogP contribution in [-0.2, 0) is 54.1 Å². The van der Waals surface area contributed by atoms with Gasteiger partial charge in [-0.15, -0.1) is 0 Å². The third-order valence-corrected chi connectivity index (χ3v) is 13.3. The second kappa shape index (κ2) is 32.4. The smallest absolute Gasteiger partial charge is 0.407 e. The minimum absolute atomic E-state index is 0.0211. The lowest BCUT2D eigenvalue weighted by Gasteiger charge is -2.29. The second-order valence-corrected chi connectivity index (χ2v) is 22.3. The average molecular weight is 1060 g/mol. The molecule has 2 aliphatic rings. The molecule has 2 fully saturated rings. The molecule has 4 rings (SSSR count). The first-order chi connectivity index (χ1) is 36.2. The molecule has 0 radical (unpaired) electrons. The maximum atomic E-state index is 14.0. The number of ether oxygens (including phenoxy) is 4. The maximum Gasteiger partial charge on any atom is 0.407 e. The van der Waals surface area contributed by atoms with E-state index >= 15 is 0 Å². The predicted molar refractivity (Wildman–Crippen MR) is 291 cm³/mol. The fourth-order valence-electron chi connectivity index (χ4n) is 9.34. The fourth-order valence-corrected chi connectivity index (χ4v) is 9.34. The van der Waals surface area contributed by atoms with Crippen molar-refractivity contribution in [1.82, 2.24) is 31.9 Å². The summed E-state index contributed by atoms with van der Waals surface area (Å²) in [5.41, 5.74) is -0.733. The lowest BCUT2D eigenvalue weighted by molar-refractivity contribution is -0.158. The molecule has 0 heterocycles. The third kappa shape index (κ3) is 25.1. The number of esters is 3. The number of amides is 6. The van der Waals surface area contributed by atoms with Gasteiger partial charge < -0.3 is 50.8 Å². The van der Waals surface area contributed by atoms with E-state index in [1.54, 1.807) is 41.5 Å². The van der Waals surface area contributed by atoms with Crippen LogP contribution in [0.15, 0.2) is 55.1 Å². The molecule has 0 unspecified atom stereocenters. The molecule has 3 atom stereocenters. The van der Waals surface area contributed by atoms with E-state index < -0.39 is 59.4 Å². The largest absolute Gasteiger partial charge is 0.461 e. The molecule has 0 aliphatic heterocycles. The Balaban J connectivity index is 1.33. The van der Waals surface area contributed by atoms with Crippen LogP contribution in [0, 0.1) is 11.8 Å². The van der Waals surface area contributed by atoms with Gasteiger partial charge in [0.15, 0.2) is 0 Å². The summed E-state index contributed by atoms with van der Waals surface area (Å²) in [6.45, 7) is 15.2. The Morgan fingerprint density at radius 1 is 0.645 bits per heavy atom. The number of carbonyl (C=O) groups is 8. The predicted octanol–water partition coefficient (Wildman–Crippen LogP) is 8.31. The molecular weight excluding hydrogens is 973 g/mol. The fraction of sp³-hybridized carbons (Fsp3) is 0.655. The van der Waals surface area contributed by atoms with E-state index in [2.05, 4.69) is 38.5 Å². The number of fused-ring (bicyclic) bond motifs is 1. The summed E-state index contributed by atoms with van der Waals surface area (Å²) in [5, 5.41) is 19.2. The number of rotatable bonds is 28. The van der Waals surface area contributed by atoms with Crippen LogP contribution in [0.1, 0.15) is 169 Å². The summed E-state index contributed by atoms with van der Waals surface area (Å²) < 4.78 is 21.8. The normalized spacial score (nSPS) is 17.3. The van der Waals surface area contributed by atoms with E-state index in [1.807, 2.05) is 42.5 Å². The molecule has 2 aromatic rings. The van der Waals surface area contributed by atoms with Crippen molar-refractivity contribution in [2.24, 2.45) is 11.8 Å². The van der Waals surface area contributed by atoms with E-state index in [0.717, 1.165) is 80.5 Å². The Kier molecular flexibility index (Phi) is 26.6. The molecule has 6 N–H and O–H groups in total. The van der Waals surface area contributed by atoms with Gasteiger partial charge in [0.05, 0.1) is 0 Å². The Bertz CT molecular complexity index is 2210. The van der Waals surface area contributed by atoms with Gasteiger partial charge in [0.25, 0.3) is 0 Å². The summed E-state index contributed by atoms with van der Waals surface area (Å²) >= 11 is 0. The molecule has 0 aromatic heterocycles. The average Bonchev–Trinajstić information content (AvgIpc) is 3.64. The van der Waals surface area contributed by atoms with Gasteiger partial charge in [0.2, 0.25) is 17.7 Å². The van der Waals surface area contributed by atoms with Crippen LogP contribution >= 0.6 is 0 Å². The molecule has 0 bridgehead atoms. The number of urea groups is 1. The minimum atomic E-state index is -1.22. The van der Waals surface area contributed by atoms with Crippen molar-refractivity contribution in [3.63, 3.8) is 0 Å². The Hall–Kier alpha value is -6.20. The standard InChI is InChI=1S/C58H88N6O12/c1-8-36-73-56(72)60-35-18-11-14-25-49(65)61-39-40-26-30-43(31-27-40)51(67)62-48(38-41-28-29-42-20-15-16-21-44(42)37-41)52(68)59-34-19-17-24-46(53(69)74-45-22-12-9-10-13-23-45)63-55(71)64-47(54(70)76-58(5,6)7)32-33-50(66)75-57(2,3)4/h8,15-16,20-21,28-29,37,40,43,45-48H,1,9-14,17-19,22-27,30-36,38-39H2,2-7H3,(H,59,68)(H,60,72)(H,61,65)(H,62,67)(H2,63,64,71)/t40-,43-,46-,47-,48-/m0/s1. The number of carbonyl (C=O) groups excluding carboxylic acids is 8. The van der Waals surface area contributed by atoms with Gasteiger partial charge in [0.1, 0.15) is 42.0 Å². The number of benzene rings is 2. The summed E-state index contributed by atoms with van der Waals surface area (Å²) in [4.78, 5) is 105. The van der Waals surface area contributed by atoms with Gasteiger partial charge in [0, 0.05) is 44.8 Å². The summed E-state index contributed by atoms with van der Waals surface area (Å²) in [5.74, 6) is -2.48. The van der Waals surface area contributed by atoms with Gasteiger partial charge in [-0.3, -0.25) is 19.2 Å². The second-order valence-electron chi connectivity index (χ2n) is 22.3. The summed E-state index contributed by atoms with van der Waals surface area (Å²) in [6, 6.07) is 9.95. The van der Waals surface area contributed by atoms with Crippen molar-refractivity contribution in [2.75, 3.05) is 26.2 Å². The first-order valence-electron chi connectivity index (χ1n) is 27.7. The van der Waals surface area contributed by atoms with E-state index in [0.29, 0.717) is 51.6 Å². The molecule has 76 heavy (non-hydrogen) atoms. The Labute approximate surface area is 450 Å². The van der Waals surface area contributed by atoms with Crippen molar-refractivity contribution in [3.05, 3.63) is 60.7 Å². The highest BCUT2D eigenvalue weighted by atomic mass is 16.6. The van der Waals surface area contributed by atoms with Crippen LogP contribution < -0.4 is 31.9 Å². The molecule has 6 amide bonds. The van der Waals surface area contributed by atoms with Crippen molar-refractivity contribution in [3.8, 4) is 0 Å². The van der Waals surface area contributed by atoms with Crippen molar-refractivity contribution in [2.45, 2.75) is 205 Å². The monoisotopic (exact) mass is 1060 g/mol. The van der Waals surface area contributed by atoms with Crippen LogP contribution in [0.5, 0.6) is 0 Å². The Morgan fingerprint density at radius 3 is 1.96 bits per heavy atom. The van der Waals surface area contributed by atoms with Gasteiger partial charge in [-0.2, -0.15) is 0 Å². The van der Waals surface area contributed by atoms with Crippen LogP contribution in [0.4, 0.5) is 9.59 Å². The summed E-state index contributed by atoms with van der Waals surface area (Å²) in [7, 11) is 0. The number of hydrogen-bond acceptors (Lipinski definition) is 12. The first-order valence-corrected chi connectivity index (χ1v) is 27.7. The van der Waals surface area contributed by atoms with Gasteiger partial charge in [-0.1, -0.05) is 74.4 Å². The van der Waals surface area contributed by atoms with Gasteiger partial charge >= 0.3 is 30.0 Å². The highest BCUT2D eigenvalue weighted by molar-refractivity contribution is 5.90. The SMILES string of the molecule is C=CCOC(=O)NCCCCCC(=O)NC[C@H]1CC[C@H](C(=O)N[C@@H](Cc2ccc3ccccc3c2)C(=O)NCCCC[C@H](NC(=O)N[C@@H](CCC(=O)OC(C)(C)C)C(=O)OC(C)(C)C)C(=O)OC2CCCCCC2)CC1. The molecule has 2 aromatic carbocycles. The van der Waals surface area contributed by atoms with Crippen LogP contribution in [0.2, 0.25) is 0 Å². The molecule has 18 heteroatoms. The zero-order valence-electron chi connectivity index (χ0n) is 46.2. The highest BCUT2D eigenvalue weighted by Crippen LogP contribution is 2.29. The first kappa shape index (κ1) is 62.3. The highest BCUT2D eigenvalue weighted by Gasteiger charge is 2.33.